The van der Waals surface area contributed by atoms with Crippen LogP contribution in [0.4, 0.5) is 0 Å². The van der Waals surface area contributed by atoms with Crippen LogP contribution in [0.5, 0.6) is 5.75 Å². The maximum absolute atomic E-state index is 13.1. The van der Waals surface area contributed by atoms with Gasteiger partial charge in [-0.1, -0.05) is 39.0 Å². The molecular weight excluding hydrogens is 428 g/mol. The summed E-state index contributed by atoms with van der Waals surface area (Å²) in [5, 5.41) is 14.1. The Balaban J connectivity index is 1.50. The van der Waals surface area contributed by atoms with Crippen LogP contribution in [0.3, 0.4) is 0 Å². The summed E-state index contributed by atoms with van der Waals surface area (Å²) in [6.07, 6.45) is 11.7. The van der Waals surface area contributed by atoms with E-state index in [4.69, 9.17) is 4.74 Å². The molecular formula is C26H36N6O2. The Hall–Kier alpha value is -2.74. The minimum atomic E-state index is -0.0256. The quantitative estimate of drug-likeness (QED) is 0.509. The van der Waals surface area contributed by atoms with Gasteiger partial charge in [0.15, 0.2) is 5.82 Å². The highest BCUT2D eigenvalue weighted by Gasteiger charge is 2.34. The molecule has 5 rings (SSSR count). The Morgan fingerprint density at radius 3 is 2.62 bits per heavy atom. The van der Waals surface area contributed by atoms with E-state index in [1.54, 1.807) is 7.11 Å². The highest BCUT2D eigenvalue weighted by atomic mass is 16.5. The average Bonchev–Trinajstić information content (AvgIpc) is 3.57. The van der Waals surface area contributed by atoms with Crippen molar-refractivity contribution < 1.29 is 4.74 Å². The van der Waals surface area contributed by atoms with Crippen LogP contribution < -0.4 is 10.3 Å². The molecule has 0 radical (unpaired) electrons. The molecule has 1 unspecified atom stereocenters. The van der Waals surface area contributed by atoms with Crippen molar-refractivity contribution in [3.05, 3.63) is 46.0 Å². The molecule has 0 aliphatic heterocycles. The normalized spacial score (nSPS) is 18.7. The number of hydrogen-bond donors (Lipinski definition) is 1. The number of H-pyrrole nitrogens is 1. The molecule has 0 bridgehead atoms. The fourth-order valence-corrected chi connectivity index (χ4v) is 5.97. The van der Waals surface area contributed by atoms with Gasteiger partial charge in [0, 0.05) is 29.1 Å². The summed E-state index contributed by atoms with van der Waals surface area (Å²) >= 11 is 0. The van der Waals surface area contributed by atoms with E-state index in [2.05, 4.69) is 37.0 Å². The second-order valence-corrected chi connectivity index (χ2v) is 9.89. The standard InChI is InChI=1S/C26H36N6O2/c1-3-24(25-28-29-30-32(25)21-11-5-4-6-12-21)31(20-9-7-8-10-20)17-19-15-18-16-22(34-2)13-14-23(18)27-26(19)33/h13-16,20-21,24H,3-12,17H2,1-2H3,(H,27,33). The monoisotopic (exact) mass is 464 g/mol. The predicted octanol–water partition coefficient (Wildman–Crippen LogP) is 4.92. The summed E-state index contributed by atoms with van der Waals surface area (Å²) in [7, 11) is 1.66. The van der Waals surface area contributed by atoms with Gasteiger partial charge in [-0.05, 0) is 66.8 Å². The highest BCUT2D eigenvalue weighted by Crippen LogP contribution is 2.36. The van der Waals surface area contributed by atoms with Gasteiger partial charge in [0.1, 0.15) is 5.75 Å². The van der Waals surface area contributed by atoms with Crippen molar-refractivity contribution >= 4 is 10.9 Å². The van der Waals surface area contributed by atoms with Gasteiger partial charge in [-0.15, -0.1) is 5.10 Å². The molecule has 2 aliphatic carbocycles. The smallest absolute Gasteiger partial charge is 0.252 e. The second kappa shape index (κ2) is 10.3. The zero-order chi connectivity index (χ0) is 23.5. The number of methoxy groups -OCH3 is 1. The summed E-state index contributed by atoms with van der Waals surface area (Å²) in [6, 6.07) is 8.69. The van der Waals surface area contributed by atoms with Gasteiger partial charge in [0.25, 0.3) is 5.56 Å². The lowest BCUT2D eigenvalue weighted by Crippen LogP contribution is -2.39. The summed E-state index contributed by atoms with van der Waals surface area (Å²) in [4.78, 5) is 18.7. The lowest BCUT2D eigenvalue weighted by molar-refractivity contribution is 0.109. The van der Waals surface area contributed by atoms with Gasteiger partial charge in [0.2, 0.25) is 0 Å². The van der Waals surface area contributed by atoms with Gasteiger partial charge in [-0.3, -0.25) is 9.69 Å². The average molecular weight is 465 g/mol. The van der Waals surface area contributed by atoms with Crippen molar-refractivity contribution in [3.8, 4) is 5.75 Å². The Morgan fingerprint density at radius 1 is 1.12 bits per heavy atom. The van der Waals surface area contributed by atoms with Gasteiger partial charge in [-0.2, -0.15) is 0 Å². The van der Waals surface area contributed by atoms with Crippen molar-refractivity contribution in [2.45, 2.75) is 95.8 Å². The number of fused-ring (bicyclic) bond motifs is 1. The summed E-state index contributed by atoms with van der Waals surface area (Å²) < 4.78 is 7.50. The van der Waals surface area contributed by atoms with E-state index >= 15 is 0 Å². The molecule has 3 aromatic rings. The van der Waals surface area contributed by atoms with Crippen LogP contribution in [0.25, 0.3) is 10.9 Å². The number of nitrogens with zero attached hydrogens (tertiary/aromatic N) is 5. The first-order valence-electron chi connectivity index (χ1n) is 12.9. The molecule has 0 amide bonds. The number of aromatic nitrogens is 5. The Bertz CT molecular complexity index is 1160. The van der Waals surface area contributed by atoms with Gasteiger partial charge in [-0.25, -0.2) is 4.68 Å². The van der Waals surface area contributed by atoms with Crippen molar-refractivity contribution in [1.82, 2.24) is 30.1 Å². The molecule has 0 saturated heterocycles. The zero-order valence-electron chi connectivity index (χ0n) is 20.4. The maximum Gasteiger partial charge on any atom is 0.252 e. The fraction of sp³-hybridized carbons (Fsp3) is 0.615. The third-order valence-electron chi connectivity index (χ3n) is 7.80. The number of ether oxygens (including phenoxy) is 1. The van der Waals surface area contributed by atoms with E-state index in [1.807, 2.05) is 24.3 Å². The maximum atomic E-state index is 13.1. The minimum absolute atomic E-state index is 0.0256. The van der Waals surface area contributed by atoms with Crippen LogP contribution in [-0.4, -0.2) is 43.2 Å². The number of nitrogens with one attached hydrogen (secondary N) is 1. The topological polar surface area (TPSA) is 88.9 Å². The van der Waals surface area contributed by atoms with Crippen molar-refractivity contribution in [2.24, 2.45) is 0 Å². The Labute approximate surface area is 200 Å². The van der Waals surface area contributed by atoms with Crippen LogP contribution in [0.2, 0.25) is 0 Å². The van der Waals surface area contributed by atoms with E-state index < -0.39 is 0 Å². The van der Waals surface area contributed by atoms with Crippen molar-refractivity contribution in [2.75, 3.05) is 7.11 Å². The molecule has 8 nitrogen and oxygen atoms in total. The molecule has 2 saturated carbocycles. The fourth-order valence-electron chi connectivity index (χ4n) is 5.97. The second-order valence-electron chi connectivity index (χ2n) is 9.89. The number of benzene rings is 1. The molecule has 2 aromatic heterocycles. The SMILES string of the molecule is CCC(c1nnnn1C1CCCCC1)N(Cc1cc2cc(OC)ccc2[nH]c1=O)C1CCCC1. The first kappa shape index (κ1) is 23.0. The molecule has 8 heteroatoms. The van der Waals surface area contributed by atoms with Gasteiger partial charge < -0.3 is 9.72 Å². The first-order valence-corrected chi connectivity index (χ1v) is 12.9. The third-order valence-corrected chi connectivity index (χ3v) is 7.80. The molecule has 1 aromatic carbocycles. The van der Waals surface area contributed by atoms with Crippen LogP contribution in [-0.2, 0) is 6.54 Å². The van der Waals surface area contributed by atoms with Crippen molar-refractivity contribution in [1.29, 1.82) is 0 Å². The van der Waals surface area contributed by atoms with E-state index in [9.17, 15) is 4.79 Å². The summed E-state index contributed by atoms with van der Waals surface area (Å²) in [5.41, 5.74) is 1.58. The first-order chi connectivity index (χ1) is 16.7. The van der Waals surface area contributed by atoms with Gasteiger partial charge in [0.05, 0.1) is 19.2 Å². The lowest BCUT2D eigenvalue weighted by Gasteiger charge is -2.36. The third kappa shape index (κ3) is 4.60. The van der Waals surface area contributed by atoms with E-state index in [1.165, 1.54) is 32.1 Å². The lowest BCUT2D eigenvalue weighted by atomic mass is 9.95. The van der Waals surface area contributed by atoms with Crippen LogP contribution >= 0.6 is 0 Å². The van der Waals surface area contributed by atoms with E-state index in [0.29, 0.717) is 18.6 Å². The molecule has 1 atom stereocenters. The Morgan fingerprint density at radius 2 is 1.88 bits per heavy atom. The summed E-state index contributed by atoms with van der Waals surface area (Å²) in [6.45, 7) is 2.80. The largest absolute Gasteiger partial charge is 0.497 e. The van der Waals surface area contributed by atoms with Crippen LogP contribution in [0.15, 0.2) is 29.1 Å². The molecule has 2 aliphatic rings. The molecule has 182 valence electrons. The zero-order valence-corrected chi connectivity index (χ0v) is 20.4. The number of tetrazole rings is 1. The molecule has 0 spiro atoms. The van der Waals surface area contributed by atoms with Crippen LogP contribution in [0.1, 0.15) is 94.6 Å². The molecule has 1 N–H and O–H groups in total. The highest BCUT2D eigenvalue weighted by molar-refractivity contribution is 5.80. The minimum Gasteiger partial charge on any atom is -0.497 e. The number of aromatic amines is 1. The van der Waals surface area contributed by atoms with Gasteiger partial charge >= 0.3 is 0 Å². The van der Waals surface area contributed by atoms with E-state index in [0.717, 1.165) is 60.1 Å². The van der Waals surface area contributed by atoms with Crippen molar-refractivity contribution in [3.63, 3.8) is 0 Å². The molecule has 2 fully saturated rings. The number of rotatable bonds is 8. The predicted molar refractivity (Wildman–Crippen MR) is 132 cm³/mol. The number of pyridine rings is 1. The van der Waals surface area contributed by atoms with E-state index in [-0.39, 0.29) is 11.6 Å². The number of hydrogen-bond acceptors (Lipinski definition) is 6. The van der Waals surface area contributed by atoms with Crippen LogP contribution in [0, 0.1) is 0 Å². The molecule has 34 heavy (non-hydrogen) atoms. The summed E-state index contributed by atoms with van der Waals surface area (Å²) in [5.74, 6) is 1.75. The Kier molecular flexibility index (Phi) is 6.94. The molecule has 2 heterocycles.